The molecule has 16 heavy (non-hydrogen) atoms. The summed E-state index contributed by atoms with van der Waals surface area (Å²) in [6.07, 6.45) is 2.12. The molecular formula is C9H16BrN3O2S. The van der Waals surface area contributed by atoms with E-state index in [0.717, 1.165) is 24.2 Å². The molecule has 0 spiro atoms. The van der Waals surface area contributed by atoms with Gasteiger partial charge in [-0.15, -0.1) is 0 Å². The molecule has 1 saturated heterocycles. The Morgan fingerprint density at radius 3 is 2.88 bits per heavy atom. The van der Waals surface area contributed by atoms with Gasteiger partial charge in [-0.25, -0.2) is 4.79 Å². The van der Waals surface area contributed by atoms with Gasteiger partial charge in [0.1, 0.15) is 0 Å². The lowest BCUT2D eigenvalue weighted by molar-refractivity contribution is 0.169. The highest BCUT2D eigenvalue weighted by molar-refractivity contribution is 9.09. The molecule has 1 aliphatic rings. The molecule has 7 heteroatoms. The number of nitrogens with one attached hydrogen (secondary N) is 2. The van der Waals surface area contributed by atoms with Gasteiger partial charge in [-0.1, -0.05) is 15.9 Å². The van der Waals surface area contributed by atoms with Crippen molar-refractivity contribution in [3.05, 3.63) is 0 Å². The SMILES string of the molecule is CCN(C(=O)O)C(=S)NC1CCCC(Br)N1. The number of rotatable bonds is 2. The molecule has 0 aromatic heterocycles. The van der Waals surface area contributed by atoms with Crippen LogP contribution in [0, 0.1) is 0 Å². The van der Waals surface area contributed by atoms with Gasteiger partial charge in [-0.3, -0.25) is 10.2 Å². The Morgan fingerprint density at radius 2 is 2.38 bits per heavy atom. The minimum Gasteiger partial charge on any atom is -0.465 e. The van der Waals surface area contributed by atoms with E-state index in [4.69, 9.17) is 17.3 Å². The van der Waals surface area contributed by atoms with E-state index in [1.165, 1.54) is 0 Å². The van der Waals surface area contributed by atoms with E-state index in [1.54, 1.807) is 6.92 Å². The molecule has 5 nitrogen and oxygen atoms in total. The monoisotopic (exact) mass is 309 g/mol. The number of hydrogen-bond acceptors (Lipinski definition) is 3. The first kappa shape index (κ1) is 13.7. The predicted molar refractivity (Wildman–Crippen MR) is 69.6 cm³/mol. The second-order valence-electron chi connectivity index (χ2n) is 3.59. The second kappa shape index (κ2) is 6.36. The second-order valence-corrected chi connectivity index (χ2v) is 5.09. The maximum Gasteiger partial charge on any atom is 0.413 e. The van der Waals surface area contributed by atoms with Gasteiger partial charge in [-0.2, -0.15) is 0 Å². The first-order chi connectivity index (χ1) is 7.54. The van der Waals surface area contributed by atoms with Crippen LogP contribution in [0.25, 0.3) is 0 Å². The van der Waals surface area contributed by atoms with Crippen LogP contribution in [-0.4, -0.2) is 38.9 Å². The molecule has 0 radical (unpaired) electrons. The number of nitrogens with zero attached hydrogens (tertiary/aromatic N) is 1. The molecule has 0 bridgehead atoms. The Balaban J connectivity index is 2.46. The van der Waals surface area contributed by atoms with Crippen LogP contribution in [-0.2, 0) is 0 Å². The highest BCUT2D eigenvalue weighted by Gasteiger charge is 2.22. The summed E-state index contributed by atoms with van der Waals surface area (Å²) >= 11 is 8.53. The normalized spacial score (nSPS) is 24.9. The fraction of sp³-hybridized carbons (Fsp3) is 0.778. The summed E-state index contributed by atoms with van der Waals surface area (Å²) in [5, 5.41) is 15.4. The first-order valence-electron chi connectivity index (χ1n) is 5.25. The minimum absolute atomic E-state index is 0.0408. The van der Waals surface area contributed by atoms with Gasteiger partial charge in [0, 0.05) is 6.54 Å². The maximum absolute atomic E-state index is 10.8. The number of carboxylic acid groups (broad SMARTS) is 1. The fourth-order valence-electron chi connectivity index (χ4n) is 1.59. The zero-order chi connectivity index (χ0) is 12.1. The summed E-state index contributed by atoms with van der Waals surface area (Å²) in [6.45, 7) is 2.11. The van der Waals surface area contributed by atoms with Crippen LogP contribution in [0.5, 0.6) is 0 Å². The third-order valence-corrected chi connectivity index (χ3v) is 3.48. The molecule has 2 unspecified atom stereocenters. The molecule has 1 fully saturated rings. The van der Waals surface area contributed by atoms with E-state index in [9.17, 15) is 4.79 Å². The van der Waals surface area contributed by atoms with Crippen LogP contribution in [0.3, 0.4) is 0 Å². The lowest BCUT2D eigenvalue weighted by Gasteiger charge is -2.31. The molecular weight excluding hydrogens is 294 g/mol. The summed E-state index contributed by atoms with van der Waals surface area (Å²) in [5.41, 5.74) is 0. The summed E-state index contributed by atoms with van der Waals surface area (Å²) in [6, 6.07) is 0. The van der Waals surface area contributed by atoms with Crippen molar-refractivity contribution < 1.29 is 9.90 Å². The largest absolute Gasteiger partial charge is 0.465 e. The quantitative estimate of drug-likeness (QED) is 0.411. The topological polar surface area (TPSA) is 64.6 Å². The van der Waals surface area contributed by atoms with E-state index in [1.807, 2.05) is 0 Å². The Hall–Kier alpha value is -0.400. The van der Waals surface area contributed by atoms with Crippen LogP contribution >= 0.6 is 28.1 Å². The molecule has 0 saturated carbocycles. The van der Waals surface area contributed by atoms with Crippen LogP contribution in [0.15, 0.2) is 0 Å². The third-order valence-electron chi connectivity index (χ3n) is 2.42. The van der Waals surface area contributed by atoms with Crippen molar-refractivity contribution in [2.45, 2.75) is 37.3 Å². The maximum atomic E-state index is 10.8. The molecule has 0 aromatic carbocycles. The van der Waals surface area contributed by atoms with Crippen LogP contribution in [0.4, 0.5) is 4.79 Å². The number of piperidine rings is 1. The van der Waals surface area contributed by atoms with Crippen molar-refractivity contribution in [3.8, 4) is 0 Å². The standard InChI is InChI=1S/C9H16BrN3O2S/c1-2-13(9(14)15)8(16)12-7-5-3-4-6(10)11-7/h6-7,11H,2-5H2,1H3,(H,12,16)(H,14,15). The lowest BCUT2D eigenvalue weighted by Crippen LogP contribution is -2.54. The van der Waals surface area contributed by atoms with Gasteiger partial charge < -0.3 is 10.4 Å². The number of alkyl halides is 1. The predicted octanol–water partition coefficient (Wildman–Crippen LogP) is 1.68. The van der Waals surface area contributed by atoms with E-state index in [-0.39, 0.29) is 16.2 Å². The van der Waals surface area contributed by atoms with Gasteiger partial charge in [0.2, 0.25) is 0 Å². The molecule has 2 atom stereocenters. The van der Waals surface area contributed by atoms with Crippen molar-refractivity contribution in [3.63, 3.8) is 0 Å². The van der Waals surface area contributed by atoms with Crippen molar-refractivity contribution in [2.75, 3.05) is 6.54 Å². The average molecular weight is 310 g/mol. The summed E-state index contributed by atoms with van der Waals surface area (Å²) in [7, 11) is 0. The van der Waals surface area contributed by atoms with Crippen LogP contribution < -0.4 is 10.6 Å². The number of carbonyl (C=O) groups is 1. The Morgan fingerprint density at radius 1 is 1.69 bits per heavy atom. The number of hydrogen-bond donors (Lipinski definition) is 3. The average Bonchev–Trinajstić information content (AvgIpc) is 2.17. The molecule has 92 valence electrons. The molecule has 1 heterocycles. The first-order valence-corrected chi connectivity index (χ1v) is 6.58. The smallest absolute Gasteiger partial charge is 0.413 e. The Kier molecular flexibility index (Phi) is 5.43. The van der Waals surface area contributed by atoms with Gasteiger partial charge in [0.15, 0.2) is 5.11 Å². The van der Waals surface area contributed by atoms with Crippen LogP contribution in [0.2, 0.25) is 0 Å². The number of amides is 1. The molecule has 0 aliphatic carbocycles. The third kappa shape index (κ3) is 3.88. The van der Waals surface area contributed by atoms with Gasteiger partial charge in [-0.05, 0) is 38.4 Å². The molecule has 0 aromatic rings. The molecule has 3 N–H and O–H groups in total. The van der Waals surface area contributed by atoms with Crippen molar-refractivity contribution in [1.29, 1.82) is 0 Å². The highest BCUT2D eigenvalue weighted by atomic mass is 79.9. The van der Waals surface area contributed by atoms with Crippen molar-refractivity contribution in [1.82, 2.24) is 15.5 Å². The van der Waals surface area contributed by atoms with Gasteiger partial charge >= 0.3 is 6.09 Å². The Labute approximate surface area is 109 Å². The van der Waals surface area contributed by atoms with E-state index >= 15 is 0 Å². The number of halogens is 1. The van der Waals surface area contributed by atoms with Crippen LogP contribution in [0.1, 0.15) is 26.2 Å². The summed E-state index contributed by atoms with van der Waals surface area (Å²) < 4.78 is 0. The molecule has 1 aliphatic heterocycles. The summed E-state index contributed by atoms with van der Waals surface area (Å²) in [5.74, 6) is 0. The zero-order valence-electron chi connectivity index (χ0n) is 9.07. The van der Waals surface area contributed by atoms with Crippen molar-refractivity contribution >= 4 is 39.4 Å². The fourth-order valence-corrected chi connectivity index (χ4v) is 2.58. The van der Waals surface area contributed by atoms with E-state index in [2.05, 4.69) is 26.6 Å². The highest BCUT2D eigenvalue weighted by Crippen LogP contribution is 2.15. The molecule has 1 amide bonds. The zero-order valence-corrected chi connectivity index (χ0v) is 11.5. The van der Waals surface area contributed by atoms with E-state index < -0.39 is 6.09 Å². The number of thiocarbonyl (C=S) groups is 1. The molecule has 1 rings (SSSR count). The lowest BCUT2D eigenvalue weighted by atomic mass is 10.1. The van der Waals surface area contributed by atoms with Gasteiger partial charge in [0.05, 0.1) is 11.1 Å². The minimum atomic E-state index is -1.02. The summed E-state index contributed by atoms with van der Waals surface area (Å²) in [4.78, 5) is 12.2. The van der Waals surface area contributed by atoms with Gasteiger partial charge in [0.25, 0.3) is 0 Å². The Bertz CT molecular complexity index is 277. The van der Waals surface area contributed by atoms with Crippen molar-refractivity contribution in [2.24, 2.45) is 0 Å². The van der Waals surface area contributed by atoms with E-state index in [0.29, 0.717) is 6.54 Å².